The molecule has 3 saturated heterocycles. The summed E-state index contributed by atoms with van der Waals surface area (Å²) in [6.45, 7) is 0.554. The van der Waals surface area contributed by atoms with Gasteiger partial charge in [0.25, 0.3) is 0 Å². The smallest absolute Gasteiger partial charge is 0.330 e. The number of hydrogen-bond acceptors (Lipinski definition) is 5. The highest BCUT2D eigenvalue weighted by Gasteiger charge is 2.80. The number of carbonyl (C=O) groups is 3. The molecule has 1 atom stereocenters. The molecule has 8 nitrogen and oxygen atoms in total. The highest BCUT2D eigenvalue weighted by Crippen LogP contribution is 2.49. The Morgan fingerprint density at radius 3 is 2.18 bits per heavy atom. The third-order valence-electron chi connectivity index (χ3n) is 3.63. The quantitative estimate of drug-likeness (QED) is 0.636. The van der Waals surface area contributed by atoms with E-state index >= 15 is 0 Å². The number of fused-ring (bicyclic) bond motifs is 1. The molecule has 0 spiro atoms. The third kappa shape index (κ3) is 0.895. The summed E-state index contributed by atoms with van der Waals surface area (Å²) in [4.78, 5) is 38.0. The third-order valence-corrected chi connectivity index (χ3v) is 3.63. The van der Waals surface area contributed by atoms with Crippen molar-refractivity contribution < 1.29 is 14.4 Å². The van der Waals surface area contributed by atoms with Gasteiger partial charge in [-0.15, -0.1) is 0 Å². The Morgan fingerprint density at radius 2 is 1.65 bits per heavy atom. The molecule has 6 amide bonds. The van der Waals surface area contributed by atoms with E-state index in [1.807, 2.05) is 0 Å². The number of hydrogen-bond donors (Lipinski definition) is 2. The van der Waals surface area contributed by atoms with Crippen LogP contribution >= 0.6 is 0 Å². The van der Waals surface area contributed by atoms with Gasteiger partial charge in [0.05, 0.1) is 0 Å². The number of carbonyl (C=O) groups excluding carboxylic acids is 3. The average Bonchev–Trinajstić information content (AvgIpc) is 2.55. The molecular formula is C9H13N5O3. The largest absolute Gasteiger partial charge is 0.342 e. The van der Waals surface area contributed by atoms with Crippen molar-refractivity contribution in [1.29, 1.82) is 0 Å². The van der Waals surface area contributed by atoms with Crippen LogP contribution in [0.2, 0.25) is 0 Å². The Kier molecular flexibility index (Phi) is 1.83. The molecule has 0 saturated carbocycles. The first-order valence-electron chi connectivity index (χ1n) is 5.55. The molecule has 3 aliphatic rings. The molecule has 3 aliphatic heterocycles. The fraction of sp³-hybridized carbons (Fsp3) is 0.667. The molecule has 2 bridgehead atoms. The summed E-state index contributed by atoms with van der Waals surface area (Å²) < 4.78 is 0. The van der Waals surface area contributed by atoms with E-state index in [1.54, 1.807) is 0 Å². The molecular weight excluding hydrogens is 226 g/mol. The summed E-state index contributed by atoms with van der Waals surface area (Å²) in [5.74, 6) is -1.25. The van der Waals surface area contributed by atoms with Gasteiger partial charge < -0.3 is 5.73 Å². The summed E-state index contributed by atoms with van der Waals surface area (Å²) >= 11 is 0. The molecule has 3 fully saturated rings. The maximum Gasteiger partial charge on any atom is 0.342 e. The number of unbranched alkanes of at least 4 members (excludes halogenated alkanes) is 1. The van der Waals surface area contributed by atoms with Gasteiger partial charge in [-0.2, -0.15) is 0 Å². The maximum absolute atomic E-state index is 11.8. The van der Waals surface area contributed by atoms with Crippen molar-refractivity contribution in [3.63, 3.8) is 0 Å². The van der Waals surface area contributed by atoms with Crippen LogP contribution < -0.4 is 11.5 Å². The lowest BCUT2D eigenvalue weighted by molar-refractivity contribution is -0.0179. The first-order valence-corrected chi connectivity index (χ1v) is 5.55. The fourth-order valence-corrected chi connectivity index (χ4v) is 2.81. The van der Waals surface area contributed by atoms with E-state index in [2.05, 4.69) is 0 Å². The summed E-state index contributed by atoms with van der Waals surface area (Å²) in [6, 6.07) is -2.24. The molecule has 1 unspecified atom stereocenters. The van der Waals surface area contributed by atoms with Crippen LogP contribution in [-0.2, 0) is 0 Å². The van der Waals surface area contributed by atoms with Crippen molar-refractivity contribution in [2.75, 3.05) is 6.54 Å². The van der Waals surface area contributed by atoms with Gasteiger partial charge in [0, 0.05) is 0 Å². The van der Waals surface area contributed by atoms with Gasteiger partial charge in [0.2, 0.25) is 5.79 Å². The van der Waals surface area contributed by atoms with E-state index in [1.165, 1.54) is 0 Å². The monoisotopic (exact) mass is 239 g/mol. The number of nitrogens with zero attached hydrogens (tertiary/aromatic N) is 3. The van der Waals surface area contributed by atoms with E-state index in [-0.39, 0.29) is 0 Å². The minimum Gasteiger partial charge on any atom is -0.330 e. The second-order valence-electron chi connectivity index (χ2n) is 4.47. The second kappa shape index (κ2) is 2.96. The molecule has 4 N–H and O–H groups in total. The highest BCUT2D eigenvalue weighted by molar-refractivity contribution is 6.20. The van der Waals surface area contributed by atoms with Crippen LogP contribution in [0.1, 0.15) is 19.3 Å². The molecule has 17 heavy (non-hydrogen) atoms. The topological polar surface area (TPSA) is 113 Å². The maximum atomic E-state index is 11.8. The lowest BCUT2D eigenvalue weighted by Crippen LogP contribution is -2.83. The van der Waals surface area contributed by atoms with E-state index in [4.69, 9.17) is 11.5 Å². The number of rotatable bonds is 4. The minimum absolute atomic E-state index is 0.438. The summed E-state index contributed by atoms with van der Waals surface area (Å²) in [6.07, 6.45) is 2.15. The number of amides is 6. The van der Waals surface area contributed by atoms with Gasteiger partial charge in [-0.05, 0) is 25.8 Å². The predicted octanol–water partition coefficient (Wildman–Crippen LogP) is -0.597. The predicted molar refractivity (Wildman–Crippen MR) is 55.3 cm³/mol. The van der Waals surface area contributed by atoms with E-state index in [0.29, 0.717) is 13.0 Å². The van der Waals surface area contributed by atoms with Crippen LogP contribution in [0.15, 0.2) is 0 Å². The highest BCUT2D eigenvalue weighted by atomic mass is 16.3. The molecule has 0 aromatic rings. The Balaban J connectivity index is 1.87. The average molecular weight is 239 g/mol. The van der Waals surface area contributed by atoms with Crippen molar-refractivity contribution in [3.8, 4) is 0 Å². The van der Waals surface area contributed by atoms with Gasteiger partial charge >= 0.3 is 18.1 Å². The van der Waals surface area contributed by atoms with Crippen LogP contribution in [0.5, 0.6) is 0 Å². The number of imide groups is 3. The van der Waals surface area contributed by atoms with Crippen LogP contribution in [0.4, 0.5) is 14.4 Å². The van der Waals surface area contributed by atoms with Gasteiger partial charge in [-0.3, -0.25) is 5.73 Å². The number of nitrogens with two attached hydrogens (primary N) is 2. The standard InChI is InChI=1S/C9H13N5O3/c10-4-2-1-3-5-9(11)13-6(15)12(5)7(16)14(9)8(13)17/h5H,1-4,10-11H2. The van der Waals surface area contributed by atoms with Crippen molar-refractivity contribution in [3.05, 3.63) is 0 Å². The zero-order chi connectivity index (χ0) is 12.4. The Labute approximate surface area is 97.1 Å². The van der Waals surface area contributed by atoms with Gasteiger partial charge in [0.1, 0.15) is 6.04 Å². The molecule has 0 aliphatic carbocycles. The van der Waals surface area contributed by atoms with Crippen molar-refractivity contribution in [1.82, 2.24) is 14.7 Å². The number of urea groups is 3. The van der Waals surface area contributed by atoms with E-state index in [0.717, 1.165) is 27.5 Å². The summed E-state index contributed by atoms with van der Waals surface area (Å²) in [5.41, 5.74) is 11.4. The first-order chi connectivity index (χ1) is 8.05. The zero-order valence-electron chi connectivity index (χ0n) is 9.13. The molecule has 0 aromatic carbocycles. The lowest BCUT2D eigenvalue weighted by atomic mass is 10.0. The molecule has 0 radical (unpaired) electrons. The zero-order valence-corrected chi connectivity index (χ0v) is 9.13. The van der Waals surface area contributed by atoms with Crippen LogP contribution in [-0.4, -0.2) is 51.2 Å². The molecule has 0 aromatic heterocycles. The van der Waals surface area contributed by atoms with Gasteiger partial charge in [-0.1, -0.05) is 0 Å². The van der Waals surface area contributed by atoms with Crippen molar-refractivity contribution >= 4 is 18.1 Å². The molecule has 92 valence electrons. The van der Waals surface area contributed by atoms with E-state index < -0.39 is 29.9 Å². The Hall–Kier alpha value is -1.67. The summed E-state index contributed by atoms with van der Waals surface area (Å²) in [7, 11) is 0. The Bertz CT molecular complexity index is 410. The SMILES string of the molecule is NCCCCC1N2C(=O)N3C(=O)N(C2=O)C13N. The minimum atomic E-state index is -1.25. The Morgan fingerprint density at radius 1 is 1.06 bits per heavy atom. The summed E-state index contributed by atoms with van der Waals surface area (Å²) in [5, 5.41) is 0. The fourth-order valence-electron chi connectivity index (χ4n) is 2.81. The lowest BCUT2D eigenvalue weighted by Gasteiger charge is -2.50. The molecule has 8 heteroatoms. The van der Waals surface area contributed by atoms with Crippen molar-refractivity contribution in [2.45, 2.75) is 31.1 Å². The molecule has 3 heterocycles. The van der Waals surface area contributed by atoms with E-state index in [9.17, 15) is 14.4 Å². The molecule has 3 rings (SSSR count). The normalized spacial score (nSPS) is 33.9. The van der Waals surface area contributed by atoms with Gasteiger partial charge in [-0.25, -0.2) is 29.1 Å². The van der Waals surface area contributed by atoms with Gasteiger partial charge in [0.15, 0.2) is 0 Å². The van der Waals surface area contributed by atoms with Crippen molar-refractivity contribution in [2.24, 2.45) is 11.5 Å². The van der Waals surface area contributed by atoms with Crippen LogP contribution in [0.25, 0.3) is 0 Å². The van der Waals surface area contributed by atoms with Crippen LogP contribution in [0, 0.1) is 0 Å². The second-order valence-corrected chi connectivity index (χ2v) is 4.47. The first kappa shape index (κ1) is 10.5. The van der Waals surface area contributed by atoms with Crippen LogP contribution in [0.3, 0.4) is 0 Å².